The second kappa shape index (κ2) is 12.3. The smallest absolute Gasteiger partial charge is 0.289 e. The van der Waals surface area contributed by atoms with Gasteiger partial charge in [0.1, 0.15) is 24.3 Å². The van der Waals surface area contributed by atoms with E-state index < -0.39 is 0 Å². The lowest BCUT2D eigenvalue weighted by Crippen LogP contribution is -2.40. The first-order chi connectivity index (χ1) is 18.1. The molecular formula is C29H31N3O4S. The van der Waals surface area contributed by atoms with Crippen molar-refractivity contribution in [3.05, 3.63) is 83.6 Å². The minimum absolute atomic E-state index is 0.0736. The number of carbonyl (C=O) groups excluding carboxylic acids is 2. The van der Waals surface area contributed by atoms with E-state index in [4.69, 9.17) is 9.15 Å². The molecule has 8 heteroatoms. The zero-order chi connectivity index (χ0) is 25.5. The van der Waals surface area contributed by atoms with E-state index in [1.165, 1.54) is 24.2 Å². The van der Waals surface area contributed by atoms with Gasteiger partial charge in [0.05, 0.1) is 5.25 Å². The van der Waals surface area contributed by atoms with E-state index >= 15 is 0 Å². The predicted octanol–water partition coefficient (Wildman–Crippen LogP) is 5.52. The number of rotatable bonds is 10. The Hall–Kier alpha value is -3.36. The molecule has 37 heavy (non-hydrogen) atoms. The van der Waals surface area contributed by atoms with Gasteiger partial charge < -0.3 is 14.1 Å². The topological polar surface area (TPSA) is 75.9 Å². The van der Waals surface area contributed by atoms with Gasteiger partial charge in [-0.1, -0.05) is 60.6 Å². The van der Waals surface area contributed by atoms with Crippen LogP contribution in [0.2, 0.25) is 0 Å². The van der Waals surface area contributed by atoms with Crippen LogP contribution in [-0.4, -0.2) is 57.4 Å². The molecule has 1 unspecified atom stereocenters. The number of ether oxygens (including phenoxy) is 1. The van der Waals surface area contributed by atoms with Gasteiger partial charge >= 0.3 is 0 Å². The molecule has 1 atom stereocenters. The molecule has 0 spiro atoms. The van der Waals surface area contributed by atoms with Crippen LogP contribution in [0.4, 0.5) is 4.79 Å². The molecule has 0 saturated carbocycles. The largest absolute Gasteiger partial charge is 0.487 e. The maximum absolute atomic E-state index is 12.9. The van der Waals surface area contributed by atoms with Gasteiger partial charge in [-0.15, -0.1) is 0 Å². The second-order valence-electron chi connectivity index (χ2n) is 9.32. The fourth-order valence-corrected chi connectivity index (χ4v) is 5.60. The lowest BCUT2D eigenvalue weighted by atomic mass is 10.1. The Kier molecular flexibility index (Phi) is 8.38. The van der Waals surface area contributed by atoms with E-state index in [9.17, 15) is 9.59 Å². The van der Waals surface area contributed by atoms with Crippen LogP contribution in [0, 0.1) is 0 Å². The molecule has 2 aliphatic heterocycles. The summed E-state index contributed by atoms with van der Waals surface area (Å²) in [7, 11) is 0. The van der Waals surface area contributed by atoms with Crippen molar-refractivity contribution in [2.24, 2.45) is 0 Å². The van der Waals surface area contributed by atoms with E-state index in [1.54, 1.807) is 6.26 Å². The number of benzene rings is 2. The number of piperidine rings is 1. The molecule has 5 rings (SSSR count). The van der Waals surface area contributed by atoms with E-state index in [-0.39, 0.29) is 16.4 Å². The van der Waals surface area contributed by atoms with Gasteiger partial charge in [-0.05, 0) is 61.7 Å². The summed E-state index contributed by atoms with van der Waals surface area (Å²) >= 11 is 1.14. The van der Waals surface area contributed by atoms with Crippen molar-refractivity contribution < 1.29 is 18.7 Å². The zero-order valence-corrected chi connectivity index (χ0v) is 21.6. The van der Waals surface area contributed by atoms with Gasteiger partial charge in [0.15, 0.2) is 0 Å². The molecular weight excluding hydrogens is 486 g/mol. The number of amides is 2. The van der Waals surface area contributed by atoms with Crippen molar-refractivity contribution in [2.75, 3.05) is 26.2 Å². The molecule has 3 heterocycles. The zero-order valence-electron chi connectivity index (χ0n) is 20.8. The summed E-state index contributed by atoms with van der Waals surface area (Å²) in [6.45, 7) is 3.67. The average Bonchev–Trinajstić information content (AvgIpc) is 3.50. The number of hydrogen-bond donors (Lipinski definition) is 0. The van der Waals surface area contributed by atoms with Gasteiger partial charge in [-0.2, -0.15) is 0 Å². The molecule has 0 aliphatic carbocycles. The third-order valence-corrected chi connectivity index (χ3v) is 7.69. The number of likely N-dealkylation sites (tertiary alicyclic amines) is 1. The summed E-state index contributed by atoms with van der Waals surface area (Å²) in [5, 5.41) is -0.490. The highest BCUT2D eigenvalue weighted by Gasteiger charge is 2.39. The van der Waals surface area contributed by atoms with Gasteiger partial charge in [0.2, 0.25) is 11.8 Å². The molecule has 0 bridgehead atoms. The van der Waals surface area contributed by atoms with Crippen molar-refractivity contribution in [3.8, 4) is 5.75 Å². The molecule has 0 radical (unpaired) electrons. The quantitative estimate of drug-likeness (QED) is 0.351. The molecule has 2 aromatic carbocycles. The summed E-state index contributed by atoms with van der Waals surface area (Å²) < 4.78 is 11.4. The first-order valence-corrected chi connectivity index (χ1v) is 13.7. The van der Waals surface area contributed by atoms with Crippen LogP contribution >= 0.6 is 11.8 Å². The highest BCUT2D eigenvalue weighted by molar-refractivity contribution is 8.15. The molecule has 2 amide bonds. The third-order valence-electron chi connectivity index (χ3n) is 6.61. The Morgan fingerprint density at radius 3 is 2.54 bits per heavy atom. The fraction of sp³-hybridized carbons (Fsp3) is 0.345. The van der Waals surface area contributed by atoms with Crippen molar-refractivity contribution in [1.82, 2.24) is 14.8 Å². The Bertz CT molecular complexity index is 1220. The number of hydrogen-bond acceptors (Lipinski definition) is 7. The summed E-state index contributed by atoms with van der Waals surface area (Å²) in [4.78, 5) is 33.5. The van der Waals surface area contributed by atoms with E-state index in [2.05, 4.69) is 9.88 Å². The van der Waals surface area contributed by atoms with E-state index in [1.807, 2.05) is 66.7 Å². The van der Waals surface area contributed by atoms with Gasteiger partial charge in [0.25, 0.3) is 5.24 Å². The number of thioether (sulfide) groups is 1. The fourth-order valence-electron chi connectivity index (χ4n) is 4.54. The highest BCUT2D eigenvalue weighted by Crippen LogP contribution is 2.30. The Morgan fingerprint density at radius 1 is 0.973 bits per heavy atom. The molecule has 0 N–H and O–H groups in total. The van der Waals surface area contributed by atoms with Crippen molar-refractivity contribution in [2.45, 2.75) is 37.5 Å². The van der Waals surface area contributed by atoms with Crippen LogP contribution < -0.4 is 4.74 Å². The summed E-state index contributed by atoms with van der Waals surface area (Å²) in [6, 6.07) is 17.6. The van der Waals surface area contributed by atoms with Gasteiger partial charge in [-0.25, -0.2) is 4.98 Å². The van der Waals surface area contributed by atoms with Crippen LogP contribution in [0.15, 0.2) is 65.3 Å². The Balaban J connectivity index is 1.08. The van der Waals surface area contributed by atoms with Gasteiger partial charge in [-0.3, -0.25) is 14.5 Å². The van der Waals surface area contributed by atoms with Crippen molar-refractivity contribution in [3.63, 3.8) is 0 Å². The number of aromatic nitrogens is 1. The first-order valence-electron chi connectivity index (χ1n) is 12.8. The summed E-state index contributed by atoms with van der Waals surface area (Å²) in [5.74, 6) is 1.16. The Morgan fingerprint density at radius 2 is 1.76 bits per heavy atom. The SMILES string of the molecule is O=C1SC(Cc2ccc(OCc3coc(/C=C/c4ccccc4)n3)cc2)C(=O)N1CCN1CCCCC1. The van der Waals surface area contributed by atoms with E-state index in [0.717, 1.165) is 42.5 Å². The lowest BCUT2D eigenvalue weighted by molar-refractivity contribution is -0.126. The molecule has 2 saturated heterocycles. The molecule has 3 aromatic rings. The summed E-state index contributed by atoms with van der Waals surface area (Å²) in [5.41, 5.74) is 2.78. The monoisotopic (exact) mass is 517 g/mol. The molecule has 2 fully saturated rings. The maximum Gasteiger partial charge on any atom is 0.289 e. The molecule has 192 valence electrons. The number of carbonyl (C=O) groups is 2. The van der Waals surface area contributed by atoms with E-state index in [0.29, 0.717) is 36.9 Å². The van der Waals surface area contributed by atoms with Crippen LogP contribution in [0.1, 0.15) is 42.0 Å². The molecule has 7 nitrogen and oxygen atoms in total. The standard InChI is InChI=1S/C29H31N3O4S/c33-28-26(37-29(34)32(28)18-17-31-15-5-2-6-16-31)19-23-9-12-25(13-10-23)35-20-24-21-36-27(30-24)14-11-22-7-3-1-4-8-22/h1,3-4,7-14,21,26H,2,5-6,15-20H2/b14-11+. The van der Waals surface area contributed by atoms with Crippen LogP contribution in [0.3, 0.4) is 0 Å². The molecule has 1 aromatic heterocycles. The Labute approximate surface area is 221 Å². The summed E-state index contributed by atoms with van der Waals surface area (Å²) in [6.07, 6.45) is 9.56. The highest BCUT2D eigenvalue weighted by atomic mass is 32.2. The maximum atomic E-state index is 12.9. The van der Waals surface area contributed by atoms with Crippen LogP contribution in [0.5, 0.6) is 5.75 Å². The predicted molar refractivity (Wildman–Crippen MR) is 145 cm³/mol. The number of nitrogens with zero attached hydrogens (tertiary/aromatic N) is 3. The van der Waals surface area contributed by atoms with Crippen LogP contribution in [-0.2, 0) is 17.8 Å². The second-order valence-corrected chi connectivity index (χ2v) is 10.5. The first kappa shape index (κ1) is 25.3. The minimum Gasteiger partial charge on any atom is -0.487 e. The molecule has 2 aliphatic rings. The lowest BCUT2D eigenvalue weighted by Gasteiger charge is -2.27. The minimum atomic E-state index is -0.363. The van der Waals surface area contributed by atoms with Crippen LogP contribution in [0.25, 0.3) is 12.2 Å². The average molecular weight is 518 g/mol. The number of imide groups is 1. The van der Waals surface area contributed by atoms with Crippen molar-refractivity contribution in [1.29, 1.82) is 0 Å². The van der Waals surface area contributed by atoms with Crippen molar-refractivity contribution >= 4 is 35.1 Å². The normalized spacial score (nSPS) is 18.7. The van der Waals surface area contributed by atoms with Gasteiger partial charge in [0, 0.05) is 19.2 Å². The number of oxazole rings is 1. The third kappa shape index (κ3) is 6.90.